The number of aromatic nitrogens is 3. The number of rotatable bonds is 2. The van der Waals surface area contributed by atoms with Crippen molar-refractivity contribution in [1.29, 1.82) is 0 Å². The van der Waals surface area contributed by atoms with Crippen molar-refractivity contribution < 1.29 is 9.21 Å². The highest BCUT2D eigenvalue weighted by molar-refractivity contribution is 5.73. The zero-order valence-corrected chi connectivity index (χ0v) is 14.7. The van der Waals surface area contributed by atoms with E-state index in [1.807, 2.05) is 34.5 Å². The van der Waals surface area contributed by atoms with E-state index in [2.05, 4.69) is 16.8 Å². The molecule has 0 N–H and O–H groups in total. The number of anilines is 1. The first-order valence-corrected chi connectivity index (χ1v) is 8.46. The van der Waals surface area contributed by atoms with Crippen LogP contribution in [0.3, 0.4) is 0 Å². The number of aryl methyl sites for hydroxylation is 1. The molecule has 1 aliphatic heterocycles. The molecule has 3 aromatic rings. The van der Waals surface area contributed by atoms with Crippen LogP contribution in [-0.2, 0) is 4.79 Å². The lowest BCUT2D eigenvalue weighted by atomic mass is 10.2. The second-order valence-electron chi connectivity index (χ2n) is 6.42. The van der Waals surface area contributed by atoms with E-state index in [1.54, 1.807) is 13.2 Å². The maximum atomic E-state index is 11.6. The molecule has 130 valence electrons. The molecule has 1 fully saturated rings. The summed E-state index contributed by atoms with van der Waals surface area (Å²) in [7, 11) is 0. The topological polar surface area (TPSA) is 66.9 Å². The van der Waals surface area contributed by atoms with Gasteiger partial charge in [-0.1, -0.05) is 0 Å². The van der Waals surface area contributed by atoms with Gasteiger partial charge in [0, 0.05) is 50.4 Å². The number of hydrogen-bond acceptors (Lipinski definition) is 5. The molecule has 25 heavy (non-hydrogen) atoms. The number of amides is 1. The lowest BCUT2D eigenvalue weighted by Gasteiger charge is -2.36. The van der Waals surface area contributed by atoms with Crippen molar-refractivity contribution in [2.75, 3.05) is 31.1 Å². The molecule has 0 aromatic carbocycles. The average Bonchev–Trinajstić information content (AvgIpc) is 3.25. The average molecular weight is 339 g/mol. The number of fused-ring (bicyclic) bond motifs is 1. The van der Waals surface area contributed by atoms with Crippen molar-refractivity contribution in [2.45, 2.75) is 20.8 Å². The molecular weight excluding hydrogens is 318 g/mol. The van der Waals surface area contributed by atoms with Gasteiger partial charge in [0.1, 0.15) is 11.5 Å². The van der Waals surface area contributed by atoms with Gasteiger partial charge < -0.3 is 14.2 Å². The minimum Gasteiger partial charge on any atom is -0.463 e. The van der Waals surface area contributed by atoms with Crippen LogP contribution in [0.2, 0.25) is 0 Å². The molecule has 0 bridgehead atoms. The number of hydrogen-bond donors (Lipinski definition) is 0. The van der Waals surface area contributed by atoms with E-state index in [4.69, 9.17) is 9.52 Å². The number of piperazine rings is 1. The molecule has 0 spiro atoms. The molecule has 0 atom stereocenters. The van der Waals surface area contributed by atoms with E-state index >= 15 is 0 Å². The third-order valence-corrected chi connectivity index (χ3v) is 4.85. The Balaban J connectivity index is 1.77. The van der Waals surface area contributed by atoms with E-state index in [-0.39, 0.29) is 5.91 Å². The highest BCUT2D eigenvalue weighted by Crippen LogP contribution is 2.27. The SMILES string of the molecule is CC(=O)N1CCN(c2c(C)c(C)nc3cc(-c4ccco4)nn23)CC1. The Morgan fingerprint density at radius 1 is 1.20 bits per heavy atom. The fraction of sp³-hybridized carbons (Fsp3) is 0.389. The van der Waals surface area contributed by atoms with Crippen molar-refractivity contribution in [2.24, 2.45) is 0 Å². The lowest BCUT2D eigenvalue weighted by Crippen LogP contribution is -2.48. The molecule has 0 saturated carbocycles. The van der Waals surface area contributed by atoms with Gasteiger partial charge in [-0.3, -0.25) is 4.79 Å². The molecule has 4 rings (SSSR count). The van der Waals surface area contributed by atoms with Gasteiger partial charge in [0.15, 0.2) is 11.4 Å². The van der Waals surface area contributed by atoms with E-state index < -0.39 is 0 Å². The second-order valence-corrected chi connectivity index (χ2v) is 6.42. The van der Waals surface area contributed by atoms with Crippen LogP contribution >= 0.6 is 0 Å². The van der Waals surface area contributed by atoms with Crippen LogP contribution < -0.4 is 4.90 Å². The second kappa shape index (κ2) is 5.91. The first kappa shape index (κ1) is 15.7. The standard InChI is InChI=1S/C18H21N5O2/c1-12-13(2)19-17-11-15(16-5-4-10-25-16)20-23(17)18(12)22-8-6-21(7-9-22)14(3)24/h4-5,10-11H,6-9H2,1-3H3. The molecule has 1 aliphatic rings. The van der Waals surface area contributed by atoms with E-state index in [0.717, 1.165) is 60.4 Å². The molecule has 0 aliphatic carbocycles. The molecule has 4 heterocycles. The predicted molar refractivity (Wildman–Crippen MR) is 94.6 cm³/mol. The number of furan rings is 1. The Bertz CT molecular complexity index is 921. The van der Waals surface area contributed by atoms with Crippen molar-refractivity contribution in [3.63, 3.8) is 0 Å². The van der Waals surface area contributed by atoms with Gasteiger partial charge in [0.25, 0.3) is 0 Å². The van der Waals surface area contributed by atoms with Crippen molar-refractivity contribution >= 4 is 17.4 Å². The first-order valence-electron chi connectivity index (χ1n) is 8.46. The van der Waals surface area contributed by atoms with E-state index in [1.165, 1.54) is 0 Å². The van der Waals surface area contributed by atoms with Gasteiger partial charge >= 0.3 is 0 Å². The van der Waals surface area contributed by atoms with Gasteiger partial charge in [-0.15, -0.1) is 0 Å². The predicted octanol–water partition coefficient (Wildman–Crippen LogP) is 2.27. The summed E-state index contributed by atoms with van der Waals surface area (Å²) in [6.45, 7) is 8.74. The molecule has 7 nitrogen and oxygen atoms in total. The van der Waals surface area contributed by atoms with E-state index in [0.29, 0.717) is 0 Å². The molecule has 1 saturated heterocycles. The minimum absolute atomic E-state index is 0.131. The van der Waals surface area contributed by atoms with Crippen LogP contribution in [0.25, 0.3) is 17.1 Å². The van der Waals surface area contributed by atoms with Crippen LogP contribution in [0.4, 0.5) is 5.82 Å². The van der Waals surface area contributed by atoms with Gasteiger partial charge in [-0.05, 0) is 26.0 Å². The molecule has 1 amide bonds. The molecule has 3 aromatic heterocycles. The summed E-state index contributed by atoms with van der Waals surface area (Å²) in [5.74, 6) is 1.91. The first-order chi connectivity index (χ1) is 12.0. The lowest BCUT2D eigenvalue weighted by molar-refractivity contribution is -0.129. The fourth-order valence-electron chi connectivity index (χ4n) is 3.33. The molecule has 0 unspecified atom stereocenters. The summed E-state index contributed by atoms with van der Waals surface area (Å²) in [5, 5.41) is 4.72. The van der Waals surface area contributed by atoms with E-state index in [9.17, 15) is 4.79 Å². The Kier molecular flexibility index (Phi) is 3.71. The third-order valence-electron chi connectivity index (χ3n) is 4.85. The quantitative estimate of drug-likeness (QED) is 0.716. The Morgan fingerprint density at radius 2 is 1.96 bits per heavy atom. The maximum absolute atomic E-state index is 11.6. The summed E-state index contributed by atoms with van der Waals surface area (Å²) >= 11 is 0. The number of carbonyl (C=O) groups is 1. The van der Waals surface area contributed by atoms with Crippen LogP contribution in [0, 0.1) is 13.8 Å². The zero-order valence-electron chi connectivity index (χ0n) is 14.7. The van der Waals surface area contributed by atoms with Crippen LogP contribution in [-0.4, -0.2) is 51.6 Å². The summed E-state index contributed by atoms with van der Waals surface area (Å²) in [6, 6.07) is 5.69. The van der Waals surface area contributed by atoms with Gasteiger partial charge in [-0.2, -0.15) is 9.61 Å². The van der Waals surface area contributed by atoms with Crippen LogP contribution in [0.15, 0.2) is 28.9 Å². The largest absolute Gasteiger partial charge is 0.463 e. The summed E-state index contributed by atoms with van der Waals surface area (Å²) in [4.78, 5) is 20.4. The number of nitrogens with zero attached hydrogens (tertiary/aromatic N) is 5. The van der Waals surface area contributed by atoms with Gasteiger partial charge in [0.2, 0.25) is 5.91 Å². The summed E-state index contributed by atoms with van der Waals surface area (Å²) < 4.78 is 7.37. The Morgan fingerprint density at radius 3 is 2.60 bits per heavy atom. The Hall–Kier alpha value is -2.83. The van der Waals surface area contributed by atoms with Crippen LogP contribution in [0.1, 0.15) is 18.2 Å². The van der Waals surface area contributed by atoms with Gasteiger partial charge in [0.05, 0.1) is 6.26 Å². The molecular formula is C18H21N5O2. The zero-order chi connectivity index (χ0) is 17.6. The summed E-state index contributed by atoms with van der Waals surface area (Å²) in [6.07, 6.45) is 1.64. The normalized spacial score (nSPS) is 15.2. The monoisotopic (exact) mass is 339 g/mol. The van der Waals surface area contributed by atoms with Gasteiger partial charge in [-0.25, -0.2) is 4.98 Å². The third kappa shape index (κ3) is 2.65. The minimum atomic E-state index is 0.131. The smallest absolute Gasteiger partial charge is 0.219 e. The van der Waals surface area contributed by atoms with Crippen molar-refractivity contribution in [3.8, 4) is 11.5 Å². The number of carbonyl (C=O) groups excluding carboxylic acids is 1. The molecule has 7 heteroatoms. The molecule has 0 radical (unpaired) electrons. The van der Waals surface area contributed by atoms with Crippen molar-refractivity contribution in [3.05, 3.63) is 35.7 Å². The highest BCUT2D eigenvalue weighted by Gasteiger charge is 2.24. The maximum Gasteiger partial charge on any atom is 0.219 e. The fourth-order valence-corrected chi connectivity index (χ4v) is 3.33. The van der Waals surface area contributed by atoms with Crippen LogP contribution in [0.5, 0.6) is 0 Å². The Labute approximate surface area is 145 Å². The van der Waals surface area contributed by atoms with Crippen molar-refractivity contribution in [1.82, 2.24) is 19.5 Å². The highest BCUT2D eigenvalue weighted by atomic mass is 16.3. The summed E-state index contributed by atoms with van der Waals surface area (Å²) in [5.41, 5.74) is 3.67.